The third-order valence-corrected chi connectivity index (χ3v) is 9.66. The highest BCUT2D eigenvalue weighted by molar-refractivity contribution is 5.55. The Balaban J connectivity index is 1.79. The molecular weight excluding hydrogens is 463 g/mol. The molecule has 0 heterocycles. The first-order valence-corrected chi connectivity index (χ1v) is 13.9. The Morgan fingerprint density at radius 1 is 1.05 bits per heavy atom. The summed E-state index contributed by atoms with van der Waals surface area (Å²) in [6, 6.07) is 11.4. The van der Waals surface area contributed by atoms with E-state index in [2.05, 4.69) is 52.8 Å². The van der Waals surface area contributed by atoms with Crippen molar-refractivity contribution in [1.82, 2.24) is 0 Å². The van der Waals surface area contributed by atoms with Gasteiger partial charge in [-0.3, -0.25) is 0 Å². The van der Waals surface area contributed by atoms with E-state index in [-0.39, 0.29) is 35.1 Å². The van der Waals surface area contributed by atoms with Gasteiger partial charge in [-0.15, -0.1) is 0 Å². The van der Waals surface area contributed by atoms with Crippen LogP contribution in [0.3, 0.4) is 0 Å². The van der Waals surface area contributed by atoms with Gasteiger partial charge in [0.25, 0.3) is 0 Å². The van der Waals surface area contributed by atoms with E-state index < -0.39 is 0 Å². The zero-order valence-corrected chi connectivity index (χ0v) is 23.7. The van der Waals surface area contributed by atoms with E-state index in [0.29, 0.717) is 11.8 Å². The second-order valence-corrected chi connectivity index (χ2v) is 12.3. The fourth-order valence-electron chi connectivity index (χ4n) is 7.19. The van der Waals surface area contributed by atoms with Crippen LogP contribution in [0.25, 0.3) is 0 Å². The summed E-state index contributed by atoms with van der Waals surface area (Å²) in [5.41, 5.74) is 4.44. The van der Waals surface area contributed by atoms with Crippen LogP contribution in [0.2, 0.25) is 0 Å². The number of allylic oxidation sites excluding steroid dienone is 1. The first kappa shape index (κ1) is 27.7. The van der Waals surface area contributed by atoms with Crippen LogP contribution in [0.15, 0.2) is 48.0 Å². The maximum absolute atomic E-state index is 13.8. The Labute approximate surface area is 223 Å². The molecule has 4 atom stereocenters. The summed E-state index contributed by atoms with van der Waals surface area (Å²) >= 11 is 0. The third-order valence-electron chi connectivity index (χ3n) is 9.66. The van der Waals surface area contributed by atoms with Crippen molar-refractivity contribution in [2.24, 2.45) is 17.3 Å². The average molecular weight is 509 g/mol. The maximum Gasteiger partial charge on any atom is 0.126 e. The Hall–Kier alpha value is -2.33. The molecule has 3 aliphatic carbocycles. The Morgan fingerprint density at radius 2 is 1.68 bits per heavy atom. The van der Waals surface area contributed by atoms with E-state index in [4.69, 9.17) is 9.47 Å². The number of benzene rings is 2. The lowest BCUT2D eigenvalue weighted by atomic mass is 9.45. The molecule has 0 radical (unpaired) electrons. The van der Waals surface area contributed by atoms with Gasteiger partial charge in [0.1, 0.15) is 17.3 Å². The number of unbranched alkanes of at least 4 members (excludes halogenated alkanes) is 2. The highest BCUT2D eigenvalue weighted by atomic mass is 19.1. The molecule has 0 saturated heterocycles. The third kappa shape index (κ3) is 4.94. The van der Waals surface area contributed by atoms with Crippen molar-refractivity contribution in [3.63, 3.8) is 0 Å². The zero-order chi connectivity index (χ0) is 27.0. The van der Waals surface area contributed by atoms with Crippen molar-refractivity contribution in [2.45, 2.75) is 84.0 Å². The first-order chi connectivity index (χ1) is 17.6. The van der Waals surface area contributed by atoms with E-state index in [0.717, 1.165) is 59.4 Å². The molecule has 0 spiro atoms. The van der Waals surface area contributed by atoms with E-state index in [9.17, 15) is 9.50 Å². The number of ether oxygens (including phenoxy) is 2. The van der Waals surface area contributed by atoms with Gasteiger partial charge in [-0.05, 0) is 82.4 Å². The molecule has 3 nitrogen and oxygen atoms in total. The molecule has 2 bridgehead atoms. The standard InChI is InChI=1S/C33H45FO3/c1-8-9-10-11-26(21-12-14-24(34)15-13-21)32(2,3)23-17-29(36-6)31(30(18-23)37-7)25-16-22(20-35)27-19-28(25)33(27,4)5/h12-18,25-28,35H,8-11,19-20H2,1-7H3/t25-,26-,27+,28-/m0/s1. The Morgan fingerprint density at radius 3 is 2.19 bits per heavy atom. The van der Waals surface area contributed by atoms with Crippen LogP contribution >= 0.6 is 0 Å². The highest BCUT2D eigenvalue weighted by Crippen LogP contribution is 2.65. The van der Waals surface area contributed by atoms with Gasteiger partial charge < -0.3 is 14.6 Å². The molecule has 4 heteroatoms. The van der Waals surface area contributed by atoms with E-state index in [1.807, 2.05) is 12.1 Å². The summed E-state index contributed by atoms with van der Waals surface area (Å²) in [6.07, 6.45) is 7.86. The first-order valence-electron chi connectivity index (χ1n) is 13.9. The molecule has 37 heavy (non-hydrogen) atoms. The van der Waals surface area contributed by atoms with Crippen molar-refractivity contribution >= 4 is 0 Å². The summed E-state index contributed by atoms with van der Waals surface area (Å²) in [7, 11) is 3.48. The van der Waals surface area contributed by atoms with E-state index in [1.54, 1.807) is 26.4 Å². The fourth-order valence-corrected chi connectivity index (χ4v) is 7.19. The molecule has 0 unspecified atom stereocenters. The van der Waals surface area contributed by atoms with Crippen LogP contribution in [0.4, 0.5) is 4.39 Å². The predicted octanol–water partition coefficient (Wildman–Crippen LogP) is 8.16. The van der Waals surface area contributed by atoms with Gasteiger partial charge in [0.2, 0.25) is 0 Å². The summed E-state index contributed by atoms with van der Waals surface area (Å²) in [4.78, 5) is 0. The van der Waals surface area contributed by atoms with Crippen LogP contribution < -0.4 is 9.47 Å². The second-order valence-electron chi connectivity index (χ2n) is 12.3. The molecule has 2 aromatic carbocycles. The number of rotatable bonds is 11. The van der Waals surface area contributed by atoms with Crippen molar-refractivity contribution < 1.29 is 19.0 Å². The minimum atomic E-state index is -0.232. The molecule has 0 aliphatic heterocycles. The lowest BCUT2D eigenvalue weighted by Gasteiger charge is -2.59. The molecule has 0 amide bonds. The van der Waals surface area contributed by atoms with Crippen LogP contribution in [0.1, 0.15) is 95.2 Å². The molecule has 1 saturated carbocycles. The zero-order valence-electron chi connectivity index (χ0n) is 23.7. The van der Waals surface area contributed by atoms with Gasteiger partial charge in [-0.2, -0.15) is 0 Å². The lowest BCUT2D eigenvalue weighted by Crippen LogP contribution is -2.51. The Kier molecular flexibility index (Phi) is 8.09. The number of aliphatic hydroxyl groups excluding tert-OH is 1. The fraction of sp³-hybridized carbons (Fsp3) is 0.576. The number of fused-ring (bicyclic) bond motifs is 1. The molecule has 202 valence electrons. The Bertz CT molecular complexity index is 1090. The summed E-state index contributed by atoms with van der Waals surface area (Å²) in [5, 5.41) is 10.1. The smallest absolute Gasteiger partial charge is 0.126 e. The SMILES string of the molecule is CCCCC[C@@H](c1ccc(F)cc1)C(C)(C)c1cc(OC)c([C@H]2C=C(CO)[C@H]3C[C@@H]2C3(C)C)c(OC)c1. The summed E-state index contributed by atoms with van der Waals surface area (Å²) in [5.74, 6) is 2.78. The number of hydrogen-bond acceptors (Lipinski definition) is 3. The van der Waals surface area contributed by atoms with Crippen LogP contribution in [-0.4, -0.2) is 25.9 Å². The van der Waals surface area contributed by atoms with Crippen molar-refractivity contribution in [3.8, 4) is 11.5 Å². The average Bonchev–Trinajstić information content (AvgIpc) is 2.90. The highest BCUT2D eigenvalue weighted by Gasteiger charge is 2.56. The second kappa shape index (κ2) is 10.8. The largest absolute Gasteiger partial charge is 0.496 e. The summed E-state index contributed by atoms with van der Waals surface area (Å²) < 4.78 is 25.9. The van der Waals surface area contributed by atoms with Crippen LogP contribution in [0, 0.1) is 23.1 Å². The minimum absolute atomic E-state index is 0.101. The van der Waals surface area contributed by atoms with Crippen molar-refractivity contribution in [2.75, 3.05) is 20.8 Å². The summed E-state index contributed by atoms with van der Waals surface area (Å²) in [6.45, 7) is 11.5. The van der Waals surface area contributed by atoms with E-state index in [1.165, 1.54) is 6.42 Å². The molecule has 1 fully saturated rings. The number of hydrogen-bond donors (Lipinski definition) is 1. The molecule has 2 aromatic rings. The van der Waals surface area contributed by atoms with Crippen LogP contribution in [0.5, 0.6) is 11.5 Å². The molecular formula is C33H45FO3. The van der Waals surface area contributed by atoms with Gasteiger partial charge in [0, 0.05) is 11.5 Å². The molecule has 0 aromatic heterocycles. The number of aliphatic hydroxyl groups is 1. The number of methoxy groups -OCH3 is 2. The number of halogens is 1. The predicted molar refractivity (Wildman–Crippen MR) is 149 cm³/mol. The monoisotopic (exact) mass is 508 g/mol. The molecule has 3 aliphatic rings. The minimum Gasteiger partial charge on any atom is -0.496 e. The normalized spacial score (nSPS) is 23.2. The van der Waals surface area contributed by atoms with E-state index >= 15 is 0 Å². The van der Waals surface area contributed by atoms with Crippen molar-refractivity contribution in [3.05, 3.63) is 70.6 Å². The lowest BCUT2D eigenvalue weighted by molar-refractivity contribution is -0.0260. The van der Waals surface area contributed by atoms with Gasteiger partial charge in [-0.1, -0.05) is 72.1 Å². The van der Waals surface area contributed by atoms with Gasteiger partial charge >= 0.3 is 0 Å². The van der Waals surface area contributed by atoms with Crippen LogP contribution in [-0.2, 0) is 5.41 Å². The van der Waals surface area contributed by atoms with Crippen molar-refractivity contribution in [1.29, 1.82) is 0 Å². The maximum atomic E-state index is 13.8. The molecule has 1 N–H and O–H groups in total. The van der Waals surface area contributed by atoms with Gasteiger partial charge in [0.05, 0.1) is 20.8 Å². The van der Waals surface area contributed by atoms with Gasteiger partial charge in [0.15, 0.2) is 0 Å². The topological polar surface area (TPSA) is 38.7 Å². The molecule has 5 rings (SSSR count). The quantitative estimate of drug-likeness (QED) is 0.246. The van der Waals surface area contributed by atoms with Gasteiger partial charge in [-0.25, -0.2) is 4.39 Å².